The van der Waals surface area contributed by atoms with Crippen molar-refractivity contribution in [2.45, 2.75) is 31.9 Å². The summed E-state index contributed by atoms with van der Waals surface area (Å²) in [5, 5.41) is 12.1. The molecule has 17 heavy (non-hydrogen) atoms. The molecular formula is C13H15FN2O. The van der Waals surface area contributed by atoms with Crippen LogP contribution in [0.25, 0.3) is 0 Å². The van der Waals surface area contributed by atoms with Gasteiger partial charge in [-0.2, -0.15) is 5.26 Å². The van der Waals surface area contributed by atoms with E-state index in [1.54, 1.807) is 12.1 Å². The average Bonchev–Trinajstić information content (AvgIpc) is 2.32. The van der Waals surface area contributed by atoms with E-state index in [0.29, 0.717) is 6.04 Å². The van der Waals surface area contributed by atoms with E-state index < -0.39 is 5.82 Å². The minimum atomic E-state index is -0.474. The van der Waals surface area contributed by atoms with Crippen LogP contribution in [0.3, 0.4) is 0 Å². The van der Waals surface area contributed by atoms with E-state index in [0.717, 1.165) is 25.1 Å². The molecule has 0 radical (unpaired) electrons. The third-order valence-corrected chi connectivity index (χ3v) is 2.94. The zero-order chi connectivity index (χ0) is 12.3. The lowest BCUT2D eigenvalue weighted by atomic mass is 10.0. The summed E-state index contributed by atoms with van der Waals surface area (Å²) in [7, 11) is 0. The van der Waals surface area contributed by atoms with Crippen LogP contribution in [-0.2, 0) is 4.74 Å². The summed E-state index contributed by atoms with van der Waals surface area (Å²) in [4.78, 5) is 0. The van der Waals surface area contributed by atoms with Crippen molar-refractivity contribution in [3.63, 3.8) is 0 Å². The third-order valence-electron chi connectivity index (χ3n) is 2.94. The molecule has 1 aliphatic rings. The molecule has 1 N–H and O–H groups in total. The number of benzene rings is 1. The Bertz CT molecular complexity index is 442. The lowest BCUT2D eigenvalue weighted by Gasteiger charge is -2.28. The second-order valence-electron chi connectivity index (χ2n) is 4.35. The molecule has 90 valence electrons. The number of ether oxygens (including phenoxy) is 1. The monoisotopic (exact) mass is 234 g/mol. The van der Waals surface area contributed by atoms with E-state index in [-0.39, 0.29) is 11.7 Å². The van der Waals surface area contributed by atoms with Gasteiger partial charge in [0.1, 0.15) is 11.9 Å². The molecule has 0 bridgehead atoms. The molecule has 3 nitrogen and oxygen atoms in total. The Morgan fingerprint density at radius 3 is 3.06 bits per heavy atom. The fourth-order valence-corrected chi connectivity index (χ4v) is 2.07. The van der Waals surface area contributed by atoms with Gasteiger partial charge in [0.15, 0.2) is 0 Å². The van der Waals surface area contributed by atoms with Gasteiger partial charge < -0.3 is 10.1 Å². The molecule has 2 unspecified atom stereocenters. The Hall–Kier alpha value is -1.60. The van der Waals surface area contributed by atoms with Crippen molar-refractivity contribution >= 4 is 5.69 Å². The van der Waals surface area contributed by atoms with Crippen LogP contribution in [0.1, 0.15) is 25.3 Å². The number of nitriles is 1. The van der Waals surface area contributed by atoms with Crippen molar-refractivity contribution < 1.29 is 9.13 Å². The molecule has 1 aromatic carbocycles. The van der Waals surface area contributed by atoms with Gasteiger partial charge in [0, 0.05) is 18.3 Å². The van der Waals surface area contributed by atoms with Gasteiger partial charge in [-0.25, -0.2) is 4.39 Å². The van der Waals surface area contributed by atoms with Crippen molar-refractivity contribution in [3.05, 3.63) is 29.6 Å². The summed E-state index contributed by atoms with van der Waals surface area (Å²) < 4.78 is 18.6. The van der Waals surface area contributed by atoms with E-state index in [1.807, 2.05) is 13.0 Å². The molecule has 1 heterocycles. The highest BCUT2D eigenvalue weighted by Gasteiger charge is 2.19. The first kappa shape index (κ1) is 11.9. The van der Waals surface area contributed by atoms with Crippen LogP contribution in [0, 0.1) is 17.1 Å². The van der Waals surface area contributed by atoms with Crippen molar-refractivity contribution in [3.8, 4) is 6.07 Å². The minimum absolute atomic E-state index is 0.0788. The van der Waals surface area contributed by atoms with E-state index in [4.69, 9.17) is 10.00 Å². The van der Waals surface area contributed by atoms with Crippen LogP contribution in [0.5, 0.6) is 0 Å². The summed E-state index contributed by atoms with van der Waals surface area (Å²) in [6.45, 7) is 2.78. The van der Waals surface area contributed by atoms with Gasteiger partial charge in [0.2, 0.25) is 0 Å². The molecular weight excluding hydrogens is 219 g/mol. The lowest BCUT2D eigenvalue weighted by Crippen LogP contribution is -2.32. The highest BCUT2D eigenvalue weighted by Crippen LogP contribution is 2.20. The number of nitrogens with zero attached hydrogens (tertiary/aromatic N) is 1. The highest BCUT2D eigenvalue weighted by molar-refractivity contribution is 5.50. The maximum atomic E-state index is 13.1. The van der Waals surface area contributed by atoms with Gasteiger partial charge in [-0.3, -0.25) is 0 Å². The molecule has 2 atom stereocenters. The standard InChI is InChI=1S/C13H15FN2O/c1-9-6-12(4-5-17-9)16-11-2-3-13(14)10(7-11)8-15/h2-3,7,9,12,16H,4-6H2,1H3. The third kappa shape index (κ3) is 2.95. The highest BCUT2D eigenvalue weighted by atomic mass is 19.1. The molecule has 0 aliphatic carbocycles. The number of rotatable bonds is 2. The quantitative estimate of drug-likeness (QED) is 0.855. The summed E-state index contributed by atoms with van der Waals surface area (Å²) in [6.07, 6.45) is 2.11. The Labute approximate surface area is 100 Å². The molecule has 4 heteroatoms. The number of hydrogen-bond acceptors (Lipinski definition) is 3. The predicted molar refractivity (Wildman–Crippen MR) is 63.2 cm³/mol. The average molecular weight is 234 g/mol. The van der Waals surface area contributed by atoms with Crippen LogP contribution in [0.2, 0.25) is 0 Å². The van der Waals surface area contributed by atoms with Crippen LogP contribution >= 0.6 is 0 Å². The second kappa shape index (κ2) is 5.15. The first-order valence-corrected chi connectivity index (χ1v) is 5.77. The van der Waals surface area contributed by atoms with Gasteiger partial charge in [-0.05, 0) is 38.0 Å². The number of halogens is 1. The summed E-state index contributed by atoms with van der Waals surface area (Å²) in [6, 6.07) is 6.71. The maximum absolute atomic E-state index is 13.1. The van der Waals surface area contributed by atoms with Crippen LogP contribution in [0.15, 0.2) is 18.2 Å². The maximum Gasteiger partial charge on any atom is 0.141 e. The number of hydrogen-bond donors (Lipinski definition) is 1. The van der Waals surface area contributed by atoms with Gasteiger partial charge in [-0.1, -0.05) is 0 Å². The van der Waals surface area contributed by atoms with Crippen LogP contribution < -0.4 is 5.32 Å². The number of anilines is 1. The molecule has 0 saturated carbocycles. The lowest BCUT2D eigenvalue weighted by molar-refractivity contribution is 0.0232. The van der Waals surface area contributed by atoms with E-state index in [1.165, 1.54) is 6.07 Å². The fourth-order valence-electron chi connectivity index (χ4n) is 2.07. The molecule has 1 saturated heterocycles. The Balaban J connectivity index is 2.06. The van der Waals surface area contributed by atoms with Gasteiger partial charge in [-0.15, -0.1) is 0 Å². The van der Waals surface area contributed by atoms with Crippen LogP contribution in [-0.4, -0.2) is 18.8 Å². The first-order chi connectivity index (χ1) is 8.19. The molecule has 1 aromatic rings. The predicted octanol–water partition coefficient (Wildman–Crippen LogP) is 2.68. The second-order valence-corrected chi connectivity index (χ2v) is 4.35. The van der Waals surface area contributed by atoms with Gasteiger partial charge >= 0.3 is 0 Å². The van der Waals surface area contributed by atoms with Gasteiger partial charge in [0.05, 0.1) is 11.7 Å². The molecule has 1 fully saturated rings. The molecule has 0 amide bonds. The number of nitrogens with one attached hydrogen (secondary N) is 1. The minimum Gasteiger partial charge on any atom is -0.382 e. The van der Waals surface area contributed by atoms with E-state index in [2.05, 4.69) is 5.32 Å². The zero-order valence-corrected chi connectivity index (χ0v) is 9.74. The van der Waals surface area contributed by atoms with Crippen molar-refractivity contribution in [2.75, 3.05) is 11.9 Å². The van der Waals surface area contributed by atoms with Crippen molar-refractivity contribution in [2.24, 2.45) is 0 Å². The van der Waals surface area contributed by atoms with E-state index in [9.17, 15) is 4.39 Å². The summed E-state index contributed by atoms with van der Waals surface area (Å²) in [5.74, 6) is -0.474. The van der Waals surface area contributed by atoms with Crippen molar-refractivity contribution in [1.82, 2.24) is 0 Å². The summed E-state index contributed by atoms with van der Waals surface area (Å²) >= 11 is 0. The zero-order valence-electron chi connectivity index (χ0n) is 9.74. The topological polar surface area (TPSA) is 45.0 Å². The van der Waals surface area contributed by atoms with E-state index >= 15 is 0 Å². The molecule has 0 aromatic heterocycles. The normalized spacial score (nSPS) is 24.1. The molecule has 2 rings (SSSR count). The van der Waals surface area contributed by atoms with Gasteiger partial charge in [0.25, 0.3) is 0 Å². The smallest absolute Gasteiger partial charge is 0.141 e. The Morgan fingerprint density at radius 1 is 1.53 bits per heavy atom. The molecule has 1 aliphatic heterocycles. The van der Waals surface area contributed by atoms with Crippen molar-refractivity contribution in [1.29, 1.82) is 5.26 Å². The largest absolute Gasteiger partial charge is 0.382 e. The van der Waals surface area contributed by atoms with Crippen LogP contribution in [0.4, 0.5) is 10.1 Å². The Kier molecular flexibility index (Phi) is 3.60. The first-order valence-electron chi connectivity index (χ1n) is 5.77. The summed E-state index contributed by atoms with van der Waals surface area (Å²) in [5.41, 5.74) is 0.872. The Morgan fingerprint density at radius 2 is 2.35 bits per heavy atom. The SMILES string of the molecule is CC1CC(Nc2ccc(F)c(C#N)c2)CCO1. The fraction of sp³-hybridized carbons (Fsp3) is 0.462. The molecule has 0 spiro atoms.